The van der Waals surface area contributed by atoms with Gasteiger partial charge in [-0.3, -0.25) is 4.79 Å². The predicted octanol–water partition coefficient (Wildman–Crippen LogP) is 4.41. The fourth-order valence-corrected chi connectivity index (χ4v) is 5.91. The van der Waals surface area contributed by atoms with E-state index >= 15 is 0 Å². The van der Waals surface area contributed by atoms with Crippen molar-refractivity contribution in [3.8, 4) is 0 Å². The minimum atomic E-state index is -3.58. The standard InChI is InChI=1S/C21H24N2O3S2/c24-21(15-4-3-7-20(14-15)28(25,26)23-17-8-9-17)22-16-10-12-19(13-11-16)27-18-5-1-2-6-18/h3-4,7,10-14,17-18,23H,1-2,5-6,8-9H2,(H,22,24). The van der Waals surface area contributed by atoms with E-state index in [1.165, 1.54) is 42.7 Å². The van der Waals surface area contributed by atoms with Crippen molar-refractivity contribution >= 4 is 33.4 Å². The van der Waals surface area contributed by atoms with Crippen LogP contribution in [0.4, 0.5) is 5.69 Å². The van der Waals surface area contributed by atoms with Crippen molar-refractivity contribution in [2.45, 2.75) is 59.6 Å². The quantitative estimate of drug-likeness (QED) is 0.701. The summed E-state index contributed by atoms with van der Waals surface area (Å²) >= 11 is 1.90. The van der Waals surface area contributed by atoms with Crippen molar-refractivity contribution < 1.29 is 13.2 Å². The molecule has 2 aromatic rings. The smallest absolute Gasteiger partial charge is 0.255 e. The second kappa shape index (κ2) is 8.27. The Kier molecular flexibility index (Phi) is 5.75. The lowest BCUT2D eigenvalue weighted by atomic mass is 10.2. The average molecular weight is 417 g/mol. The number of thioether (sulfide) groups is 1. The van der Waals surface area contributed by atoms with Crippen molar-refractivity contribution in [1.82, 2.24) is 4.72 Å². The molecule has 0 spiro atoms. The molecular formula is C21H24N2O3S2. The van der Waals surface area contributed by atoms with Gasteiger partial charge in [0.05, 0.1) is 4.90 Å². The van der Waals surface area contributed by atoms with Crippen molar-refractivity contribution in [2.24, 2.45) is 0 Å². The Morgan fingerprint density at radius 1 is 0.964 bits per heavy atom. The van der Waals surface area contributed by atoms with Crippen molar-refractivity contribution in [2.75, 3.05) is 5.32 Å². The van der Waals surface area contributed by atoms with Crippen LogP contribution in [0.15, 0.2) is 58.3 Å². The maximum Gasteiger partial charge on any atom is 0.255 e. The van der Waals surface area contributed by atoms with Crippen LogP contribution in [0.3, 0.4) is 0 Å². The molecule has 0 saturated heterocycles. The molecule has 1 amide bonds. The van der Waals surface area contributed by atoms with Crippen LogP contribution in [0.1, 0.15) is 48.9 Å². The van der Waals surface area contributed by atoms with Crippen LogP contribution in [0.25, 0.3) is 0 Å². The van der Waals surface area contributed by atoms with Crippen molar-refractivity contribution in [3.63, 3.8) is 0 Å². The Morgan fingerprint density at radius 3 is 2.36 bits per heavy atom. The van der Waals surface area contributed by atoms with Gasteiger partial charge in [-0.1, -0.05) is 18.9 Å². The van der Waals surface area contributed by atoms with Gasteiger partial charge in [-0.2, -0.15) is 0 Å². The normalized spacial score (nSPS) is 17.6. The van der Waals surface area contributed by atoms with E-state index in [-0.39, 0.29) is 16.8 Å². The number of carbonyl (C=O) groups excluding carboxylic acids is 1. The van der Waals surface area contributed by atoms with Gasteiger partial charge in [0.2, 0.25) is 10.0 Å². The Hall–Kier alpha value is -1.83. The van der Waals surface area contributed by atoms with E-state index in [1.54, 1.807) is 12.1 Å². The molecule has 0 atom stereocenters. The third-order valence-electron chi connectivity index (χ3n) is 5.02. The molecule has 28 heavy (non-hydrogen) atoms. The fraction of sp³-hybridized carbons (Fsp3) is 0.381. The lowest BCUT2D eigenvalue weighted by Gasteiger charge is -2.11. The van der Waals surface area contributed by atoms with Gasteiger partial charge in [-0.25, -0.2) is 13.1 Å². The number of hydrogen-bond acceptors (Lipinski definition) is 4. The van der Waals surface area contributed by atoms with E-state index in [9.17, 15) is 13.2 Å². The third kappa shape index (κ3) is 4.96. The zero-order valence-electron chi connectivity index (χ0n) is 15.6. The van der Waals surface area contributed by atoms with Gasteiger partial charge in [-0.05, 0) is 68.1 Å². The van der Waals surface area contributed by atoms with Gasteiger partial charge in [0.15, 0.2) is 0 Å². The molecule has 2 aromatic carbocycles. The largest absolute Gasteiger partial charge is 0.322 e. The Bertz CT molecular complexity index is 948. The van der Waals surface area contributed by atoms with Crippen LogP contribution in [0.5, 0.6) is 0 Å². The summed E-state index contributed by atoms with van der Waals surface area (Å²) in [6.07, 6.45) is 6.92. The van der Waals surface area contributed by atoms with Crippen LogP contribution in [-0.4, -0.2) is 25.6 Å². The summed E-state index contributed by atoms with van der Waals surface area (Å²) in [6.45, 7) is 0. The number of sulfonamides is 1. The number of rotatable bonds is 7. The highest BCUT2D eigenvalue weighted by atomic mass is 32.2. The molecule has 4 rings (SSSR count). The van der Waals surface area contributed by atoms with Crippen molar-refractivity contribution in [3.05, 3.63) is 54.1 Å². The topological polar surface area (TPSA) is 75.3 Å². The molecule has 0 aromatic heterocycles. The molecule has 2 fully saturated rings. The van der Waals surface area contributed by atoms with E-state index < -0.39 is 10.0 Å². The number of benzene rings is 2. The molecule has 0 unspecified atom stereocenters. The first-order valence-electron chi connectivity index (χ1n) is 9.70. The van der Waals surface area contributed by atoms with Gasteiger partial charge in [-0.15, -0.1) is 11.8 Å². The van der Waals surface area contributed by atoms with E-state index in [0.717, 1.165) is 12.8 Å². The monoisotopic (exact) mass is 416 g/mol. The van der Waals surface area contributed by atoms with Crippen LogP contribution < -0.4 is 10.0 Å². The summed E-state index contributed by atoms with van der Waals surface area (Å²) in [6, 6.07) is 14.0. The Morgan fingerprint density at radius 2 is 1.68 bits per heavy atom. The Balaban J connectivity index is 1.41. The third-order valence-corrected chi connectivity index (χ3v) is 7.89. The molecule has 0 radical (unpaired) electrons. The van der Waals surface area contributed by atoms with E-state index in [2.05, 4.69) is 10.0 Å². The second-order valence-electron chi connectivity index (χ2n) is 7.43. The molecule has 2 N–H and O–H groups in total. The van der Waals surface area contributed by atoms with Gasteiger partial charge >= 0.3 is 0 Å². The molecule has 5 nitrogen and oxygen atoms in total. The van der Waals surface area contributed by atoms with Gasteiger partial charge in [0.1, 0.15) is 0 Å². The summed E-state index contributed by atoms with van der Waals surface area (Å²) in [7, 11) is -3.58. The summed E-state index contributed by atoms with van der Waals surface area (Å²) in [5.41, 5.74) is 1.02. The van der Waals surface area contributed by atoms with Crippen LogP contribution >= 0.6 is 11.8 Å². The zero-order valence-corrected chi connectivity index (χ0v) is 17.2. The summed E-state index contributed by atoms with van der Waals surface area (Å²) in [5.74, 6) is -0.320. The first-order chi connectivity index (χ1) is 13.5. The van der Waals surface area contributed by atoms with Crippen molar-refractivity contribution in [1.29, 1.82) is 0 Å². The lowest BCUT2D eigenvalue weighted by molar-refractivity contribution is 0.102. The predicted molar refractivity (Wildman–Crippen MR) is 112 cm³/mol. The zero-order chi connectivity index (χ0) is 19.6. The first kappa shape index (κ1) is 19.5. The van der Waals surface area contributed by atoms with E-state index in [0.29, 0.717) is 16.5 Å². The number of nitrogens with one attached hydrogen (secondary N) is 2. The molecule has 7 heteroatoms. The fourth-order valence-electron chi connectivity index (χ4n) is 3.31. The molecule has 2 aliphatic rings. The van der Waals surface area contributed by atoms with E-state index in [1.807, 2.05) is 36.0 Å². The average Bonchev–Trinajstić information content (AvgIpc) is 3.34. The minimum Gasteiger partial charge on any atom is -0.322 e. The van der Waals surface area contributed by atoms with Crippen LogP contribution in [-0.2, 0) is 10.0 Å². The van der Waals surface area contributed by atoms with Gasteiger partial charge in [0, 0.05) is 27.4 Å². The maximum atomic E-state index is 12.6. The van der Waals surface area contributed by atoms with Crippen LogP contribution in [0, 0.1) is 0 Å². The molecular weight excluding hydrogens is 392 g/mol. The highest BCUT2D eigenvalue weighted by molar-refractivity contribution is 8.00. The highest BCUT2D eigenvalue weighted by Crippen LogP contribution is 2.35. The lowest BCUT2D eigenvalue weighted by Crippen LogP contribution is -2.26. The van der Waals surface area contributed by atoms with E-state index in [4.69, 9.17) is 0 Å². The molecule has 2 aliphatic carbocycles. The highest BCUT2D eigenvalue weighted by Gasteiger charge is 2.28. The molecule has 0 heterocycles. The summed E-state index contributed by atoms with van der Waals surface area (Å²) < 4.78 is 27.3. The van der Waals surface area contributed by atoms with Crippen LogP contribution in [0.2, 0.25) is 0 Å². The SMILES string of the molecule is O=C(Nc1ccc(SC2CCCC2)cc1)c1cccc(S(=O)(=O)NC2CC2)c1. The van der Waals surface area contributed by atoms with Gasteiger partial charge in [0.25, 0.3) is 5.91 Å². The second-order valence-corrected chi connectivity index (χ2v) is 10.5. The summed E-state index contributed by atoms with van der Waals surface area (Å²) in [4.78, 5) is 13.9. The first-order valence-corrected chi connectivity index (χ1v) is 12.1. The maximum absolute atomic E-state index is 12.6. The number of amides is 1. The molecule has 2 saturated carbocycles. The minimum absolute atomic E-state index is 0.0306. The Labute approximate surface area is 170 Å². The van der Waals surface area contributed by atoms with Gasteiger partial charge < -0.3 is 5.32 Å². The molecule has 0 aliphatic heterocycles. The molecule has 148 valence electrons. The number of carbonyl (C=O) groups is 1. The number of hydrogen-bond donors (Lipinski definition) is 2. The number of anilines is 1. The summed E-state index contributed by atoms with van der Waals surface area (Å²) in [5, 5.41) is 3.55. The molecule has 0 bridgehead atoms.